The summed E-state index contributed by atoms with van der Waals surface area (Å²) in [5.74, 6) is -0.176. The summed E-state index contributed by atoms with van der Waals surface area (Å²) in [5.41, 5.74) is 13.0. The van der Waals surface area contributed by atoms with E-state index in [0.29, 0.717) is 5.56 Å². The first-order valence-electron chi connectivity index (χ1n) is 14.6. The molecule has 0 bridgehead atoms. The summed E-state index contributed by atoms with van der Waals surface area (Å²) in [7, 11) is 0. The zero-order chi connectivity index (χ0) is 29.5. The molecule has 210 valence electrons. The van der Waals surface area contributed by atoms with E-state index in [2.05, 4.69) is 84.2 Å². The van der Waals surface area contributed by atoms with E-state index in [4.69, 9.17) is 5.73 Å². The maximum atomic E-state index is 14.1. The molecule has 0 aliphatic carbocycles. The number of amides is 1. The lowest BCUT2D eigenvalue weighted by Crippen LogP contribution is -2.36. The molecule has 1 amide bonds. The Balaban J connectivity index is 1.46. The SMILES string of the molecule is N[C@@H](c1ccccc1)[C@@H](NC(=O)c1cccc(C(c2ccccc2)(c2ccccc2)c2ccccc2)c1)c1ccccc1. The molecule has 0 fully saturated rings. The third-order valence-electron chi connectivity index (χ3n) is 8.17. The fraction of sp³-hybridized carbons (Fsp3) is 0.0750. The lowest BCUT2D eigenvalue weighted by atomic mass is 9.65. The standard InChI is InChI=1S/C40H34N2O/c41-37(30-17-6-1-7-18-30)38(31-19-8-2-9-20-31)42-39(43)32-21-16-28-36(29-32)40(33-22-10-3-11-23-33,34-24-12-4-13-25-34)35-26-14-5-15-27-35/h1-29,37-38H,41H2,(H,42,43)/t37-,38-/m0/s1. The molecule has 43 heavy (non-hydrogen) atoms. The van der Waals surface area contributed by atoms with Gasteiger partial charge in [-0.3, -0.25) is 4.79 Å². The highest BCUT2D eigenvalue weighted by molar-refractivity contribution is 5.95. The monoisotopic (exact) mass is 558 g/mol. The highest BCUT2D eigenvalue weighted by Crippen LogP contribution is 2.45. The van der Waals surface area contributed by atoms with Gasteiger partial charge in [0.2, 0.25) is 0 Å². The third kappa shape index (κ3) is 5.63. The van der Waals surface area contributed by atoms with Crippen molar-refractivity contribution >= 4 is 5.91 Å². The molecular formula is C40H34N2O. The van der Waals surface area contributed by atoms with Gasteiger partial charge in [-0.2, -0.15) is 0 Å². The second-order valence-corrected chi connectivity index (χ2v) is 10.7. The Bertz CT molecular complexity index is 1660. The lowest BCUT2D eigenvalue weighted by molar-refractivity contribution is 0.0930. The molecule has 6 aromatic carbocycles. The molecule has 0 aromatic heterocycles. The summed E-state index contributed by atoms with van der Waals surface area (Å²) in [5, 5.41) is 3.28. The van der Waals surface area contributed by atoms with Crippen molar-refractivity contribution in [2.45, 2.75) is 17.5 Å². The Morgan fingerprint density at radius 1 is 0.488 bits per heavy atom. The number of hydrogen-bond donors (Lipinski definition) is 2. The van der Waals surface area contributed by atoms with Gasteiger partial charge in [-0.1, -0.05) is 164 Å². The van der Waals surface area contributed by atoms with Gasteiger partial charge in [0.1, 0.15) is 0 Å². The number of carbonyl (C=O) groups excluding carboxylic acids is 1. The Morgan fingerprint density at radius 3 is 1.35 bits per heavy atom. The van der Waals surface area contributed by atoms with E-state index in [0.717, 1.165) is 33.4 Å². The molecule has 6 rings (SSSR count). The number of rotatable bonds is 9. The molecule has 3 N–H and O–H groups in total. The van der Waals surface area contributed by atoms with Crippen LogP contribution in [-0.4, -0.2) is 5.91 Å². The van der Waals surface area contributed by atoms with Crippen molar-refractivity contribution in [3.63, 3.8) is 0 Å². The first kappa shape index (κ1) is 27.9. The Labute approximate surface area is 253 Å². The average molecular weight is 559 g/mol. The van der Waals surface area contributed by atoms with Crippen LogP contribution in [-0.2, 0) is 5.41 Å². The van der Waals surface area contributed by atoms with E-state index >= 15 is 0 Å². The van der Waals surface area contributed by atoms with Crippen LogP contribution < -0.4 is 11.1 Å². The van der Waals surface area contributed by atoms with E-state index < -0.39 is 17.5 Å². The number of benzene rings is 6. The molecule has 0 spiro atoms. The van der Waals surface area contributed by atoms with Gasteiger partial charge in [0.05, 0.1) is 17.5 Å². The molecule has 0 aliphatic heterocycles. The molecule has 3 heteroatoms. The summed E-state index contributed by atoms with van der Waals surface area (Å²) in [6.45, 7) is 0. The topological polar surface area (TPSA) is 55.1 Å². The number of carbonyl (C=O) groups is 1. The van der Waals surface area contributed by atoms with Crippen molar-refractivity contribution in [1.29, 1.82) is 0 Å². The molecule has 0 heterocycles. The van der Waals surface area contributed by atoms with Gasteiger partial charge in [0.25, 0.3) is 5.91 Å². The van der Waals surface area contributed by atoms with E-state index in [1.165, 1.54) is 0 Å². The van der Waals surface area contributed by atoms with Crippen LogP contribution in [0.15, 0.2) is 176 Å². The highest BCUT2D eigenvalue weighted by Gasteiger charge is 2.38. The van der Waals surface area contributed by atoms with Crippen LogP contribution in [0.1, 0.15) is 55.8 Å². The Hall–Kier alpha value is -5.25. The smallest absolute Gasteiger partial charge is 0.251 e. The van der Waals surface area contributed by atoms with Crippen LogP contribution >= 0.6 is 0 Å². The summed E-state index contributed by atoms with van der Waals surface area (Å²) in [6.07, 6.45) is 0. The van der Waals surface area contributed by atoms with Crippen molar-refractivity contribution in [3.05, 3.63) is 215 Å². The Kier molecular flexibility index (Phi) is 8.26. The maximum Gasteiger partial charge on any atom is 0.251 e. The largest absolute Gasteiger partial charge is 0.343 e. The predicted molar refractivity (Wildman–Crippen MR) is 175 cm³/mol. The summed E-state index contributed by atoms with van der Waals surface area (Å²) in [4.78, 5) is 14.1. The van der Waals surface area contributed by atoms with E-state index in [1.807, 2.05) is 97.1 Å². The van der Waals surface area contributed by atoms with Gasteiger partial charge in [0, 0.05) is 5.56 Å². The van der Waals surface area contributed by atoms with Crippen molar-refractivity contribution < 1.29 is 4.79 Å². The van der Waals surface area contributed by atoms with Gasteiger partial charge >= 0.3 is 0 Å². The Morgan fingerprint density at radius 2 is 0.884 bits per heavy atom. The fourth-order valence-electron chi connectivity index (χ4n) is 6.09. The first-order chi connectivity index (χ1) is 21.2. The third-order valence-corrected chi connectivity index (χ3v) is 8.17. The first-order valence-corrected chi connectivity index (χ1v) is 14.6. The fourth-order valence-corrected chi connectivity index (χ4v) is 6.09. The quantitative estimate of drug-likeness (QED) is 0.176. The van der Waals surface area contributed by atoms with E-state index in [1.54, 1.807) is 0 Å². The molecule has 0 saturated carbocycles. The minimum atomic E-state index is -0.640. The van der Waals surface area contributed by atoms with Gasteiger partial charge in [-0.25, -0.2) is 0 Å². The van der Waals surface area contributed by atoms with Crippen LogP contribution in [0, 0.1) is 0 Å². The average Bonchev–Trinajstić information content (AvgIpc) is 3.09. The zero-order valence-corrected chi connectivity index (χ0v) is 23.9. The van der Waals surface area contributed by atoms with Crippen molar-refractivity contribution in [2.24, 2.45) is 5.73 Å². The van der Waals surface area contributed by atoms with E-state index in [-0.39, 0.29) is 5.91 Å². The molecular weight excluding hydrogens is 524 g/mol. The maximum absolute atomic E-state index is 14.1. The number of nitrogens with one attached hydrogen (secondary N) is 1. The van der Waals surface area contributed by atoms with Crippen LogP contribution in [0.4, 0.5) is 0 Å². The van der Waals surface area contributed by atoms with Gasteiger partial charge in [0.15, 0.2) is 0 Å². The van der Waals surface area contributed by atoms with Gasteiger partial charge in [-0.05, 0) is 45.5 Å². The molecule has 0 unspecified atom stereocenters. The van der Waals surface area contributed by atoms with Crippen molar-refractivity contribution in [3.8, 4) is 0 Å². The highest BCUT2D eigenvalue weighted by atomic mass is 16.1. The van der Waals surface area contributed by atoms with Crippen LogP contribution in [0.2, 0.25) is 0 Å². The molecule has 2 atom stereocenters. The van der Waals surface area contributed by atoms with Crippen molar-refractivity contribution in [1.82, 2.24) is 5.32 Å². The minimum absolute atomic E-state index is 0.176. The van der Waals surface area contributed by atoms with Crippen LogP contribution in [0.25, 0.3) is 0 Å². The zero-order valence-electron chi connectivity index (χ0n) is 23.9. The minimum Gasteiger partial charge on any atom is -0.343 e. The summed E-state index contributed by atoms with van der Waals surface area (Å²) < 4.78 is 0. The van der Waals surface area contributed by atoms with Crippen molar-refractivity contribution in [2.75, 3.05) is 0 Å². The van der Waals surface area contributed by atoms with Gasteiger partial charge < -0.3 is 11.1 Å². The summed E-state index contributed by atoms with van der Waals surface area (Å²) in [6, 6.07) is 58.5. The normalized spacial score (nSPS) is 12.7. The second kappa shape index (κ2) is 12.7. The molecule has 6 aromatic rings. The van der Waals surface area contributed by atoms with Crippen LogP contribution in [0.5, 0.6) is 0 Å². The lowest BCUT2D eigenvalue weighted by Gasteiger charge is -2.37. The summed E-state index contributed by atoms with van der Waals surface area (Å²) >= 11 is 0. The molecule has 3 nitrogen and oxygen atoms in total. The number of nitrogens with two attached hydrogens (primary N) is 1. The number of hydrogen-bond acceptors (Lipinski definition) is 2. The van der Waals surface area contributed by atoms with Gasteiger partial charge in [-0.15, -0.1) is 0 Å². The van der Waals surface area contributed by atoms with Crippen LogP contribution in [0.3, 0.4) is 0 Å². The molecule has 0 saturated heterocycles. The molecule has 0 aliphatic rings. The predicted octanol–water partition coefficient (Wildman–Crippen LogP) is 8.24. The second-order valence-electron chi connectivity index (χ2n) is 10.7. The van der Waals surface area contributed by atoms with E-state index in [9.17, 15) is 4.79 Å². The molecule has 0 radical (unpaired) electrons.